The Kier molecular flexibility index (Phi) is 8.35. The molecule has 0 bridgehead atoms. The number of hydrogen-bond acceptors (Lipinski definition) is 5. The Morgan fingerprint density at radius 2 is 2.00 bits per heavy atom. The monoisotopic (exact) mass is 246 g/mol. The lowest BCUT2D eigenvalue weighted by molar-refractivity contribution is -0.141. The second-order valence-electron chi connectivity index (χ2n) is 3.79. The van der Waals surface area contributed by atoms with Crippen molar-refractivity contribution in [3.05, 3.63) is 0 Å². The Bertz CT molecular complexity index is 242. The first-order valence-corrected chi connectivity index (χ1v) is 5.58. The van der Waals surface area contributed by atoms with Gasteiger partial charge in [-0.15, -0.1) is 0 Å². The Hall–Kier alpha value is -1.14. The van der Waals surface area contributed by atoms with Gasteiger partial charge in [0.2, 0.25) is 5.91 Å². The maximum atomic E-state index is 11.7. The van der Waals surface area contributed by atoms with Gasteiger partial charge in [0.15, 0.2) is 0 Å². The Balaban J connectivity index is 3.85. The third kappa shape index (κ3) is 6.91. The highest BCUT2D eigenvalue weighted by Gasteiger charge is 2.15. The van der Waals surface area contributed by atoms with E-state index >= 15 is 0 Å². The molecule has 0 saturated heterocycles. The molecule has 0 aliphatic rings. The highest BCUT2D eigenvalue weighted by molar-refractivity contribution is 5.76. The van der Waals surface area contributed by atoms with Crippen LogP contribution in [-0.2, 0) is 19.1 Å². The molecule has 6 nitrogen and oxygen atoms in total. The van der Waals surface area contributed by atoms with Crippen LogP contribution in [0, 0.1) is 0 Å². The summed E-state index contributed by atoms with van der Waals surface area (Å²) in [5, 5.41) is 0. The average molecular weight is 246 g/mol. The third-order valence-corrected chi connectivity index (χ3v) is 2.53. The number of esters is 1. The summed E-state index contributed by atoms with van der Waals surface area (Å²) in [6.45, 7) is 0.840. The van der Waals surface area contributed by atoms with Gasteiger partial charge in [0.05, 0.1) is 19.6 Å². The molecule has 6 heteroatoms. The van der Waals surface area contributed by atoms with Gasteiger partial charge in [0.1, 0.15) is 0 Å². The largest absolute Gasteiger partial charge is 0.469 e. The molecule has 0 aromatic carbocycles. The van der Waals surface area contributed by atoms with E-state index in [4.69, 9.17) is 10.5 Å². The standard InChI is InChI=1S/C11H22N2O4/c1-13(6-4-5-11(15)17-3)10(14)7-9(8-12)16-2/h9H,4-8,12H2,1-3H3. The number of ether oxygens (including phenoxy) is 2. The molecule has 0 radical (unpaired) electrons. The number of nitrogens with two attached hydrogens (primary N) is 1. The summed E-state index contributed by atoms with van der Waals surface area (Å²) >= 11 is 0. The van der Waals surface area contributed by atoms with Gasteiger partial charge in [-0.1, -0.05) is 0 Å². The van der Waals surface area contributed by atoms with Crippen molar-refractivity contribution in [3.8, 4) is 0 Å². The van der Waals surface area contributed by atoms with Crippen molar-refractivity contribution in [2.75, 3.05) is 34.4 Å². The van der Waals surface area contributed by atoms with Crippen molar-refractivity contribution in [1.82, 2.24) is 4.90 Å². The van der Waals surface area contributed by atoms with Crippen LogP contribution in [0.4, 0.5) is 0 Å². The molecule has 0 aliphatic heterocycles. The molecule has 2 N–H and O–H groups in total. The van der Waals surface area contributed by atoms with E-state index in [1.807, 2.05) is 0 Å². The maximum absolute atomic E-state index is 11.7. The molecule has 0 aromatic heterocycles. The van der Waals surface area contributed by atoms with E-state index in [1.165, 1.54) is 14.2 Å². The van der Waals surface area contributed by atoms with Gasteiger partial charge in [-0.25, -0.2) is 0 Å². The molecular formula is C11H22N2O4. The summed E-state index contributed by atoms with van der Waals surface area (Å²) in [4.78, 5) is 24.1. The summed E-state index contributed by atoms with van der Waals surface area (Å²) in [6.07, 6.45) is 0.931. The van der Waals surface area contributed by atoms with E-state index in [2.05, 4.69) is 4.74 Å². The van der Waals surface area contributed by atoms with Gasteiger partial charge >= 0.3 is 5.97 Å². The zero-order valence-corrected chi connectivity index (χ0v) is 10.8. The van der Waals surface area contributed by atoms with E-state index in [-0.39, 0.29) is 24.4 Å². The quantitative estimate of drug-likeness (QED) is 0.598. The molecule has 100 valence electrons. The molecule has 1 amide bonds. The second-order valence-corrected chi connectivity index (χ2v) is 3.79. The predicted octanol–water partition coefficient (Wildman–Crippen LogP) is -0.238. The fourth-order valence-electron chi connectivity index (χ4n) is 1.30. The van der Waals surface area contributed by atoms with Gasteiger partial charge < -0.3 is 20.1 Å². The first kappa shape index (κ1) is 15.9. The highest BCUT2D eigenvalue weighted by atomic mass is 16.5. The molecule has 0 rings (SSSR count). The van der Waals surface area contributed by atoms with Crippen LogP contribution in [-0.4, -0.2) is 57.2 Å². The number of hydrogen-bond donors (Lipinski definition) is 1. The van der Waals surface area contributed by atoms with Crippen molar-refractivity contribution < 1.29 is 19.1 Å². The van der Waals surface area contributed by atoms with E-state index in [0.717, 1.165) is 0 Å². The Morgan fingerprint density at radius 1 is 1.35 bits per heavy atom. The minimum absolute atomic E-state index is 0.0350. The van der Waals surface area contributed by atoms with Gasteiger partial charge in [-0.2, -0.15) is 0 Å². The third-order valence-electron chi connectivity index (χ3n) is 2.53. The van der Waals surface area contributed by atoms with Gasteiger partial charge in [0, 0.05) is 33.7 Å². The smallest absolute Gasteiger partial charge is 0.305 e. The maximum Gasteiger partial charge on any atom is 0.305 e. The fourth-order valence-corrected chi connectivity index (χ4v) is 1.30. The number of nitrogens with zero attached hydrogens (tertiary/aromatic N) is 1. The van der Waals surface area contributed by atoms with Crippen LogP contribution in [0.3, 0.4) is 0 Å². The molecule has 0 fully saturated rings. The highest BCUT2D eigenvalue weighted by Crippen LogP contribution is 2.01. The lowest BCUT2D eigenvalue weighted by Gasteiger charge is -2.19. The van der Waals surface area contributed by atoms with E-state index in [9.17, 15) is 9.59 Å². The normalized spacial score (nSPS) is 12.0. The minimum atomic E-state index is -0.262. The lowest BCUT2D eigenvalue weighted by atomic mass is 10.2. The number of carbonyl (C=O) groups excluding carboxylic acids is 2. The summed E-state index contributed by atoms with van der Waals surface area (Å²) in [5.74, 6) is -0.297. The first-order valence-electron chi connectivity index (χ1n) is 5.58. The SMILES string of the molecule is COC(=O)CCCN(C)C(=O)CC(CN)OC. The summed E-state index contributed by atoms with van der Waals surface area (Å²) in [6, 6.07) is 0. The van der Waals surface area contributed by atoms with Crippen molar-refractivity contribution in [3.63, 3.8) is 0 Å². The van der Waals surface area contributed by atoms with Crippen molar-refractivity contribution in [2.45, 2.75) is 25.4 Å². The second kappa shape index (κ2) is 8.95. The average Bonchev–Trinajstić information content (AvgIpc) is 2.34. The van der Waals surface area contributed by atoms with Crippen LogP contribution in [0.5, 0.6) is 0 Å². The molecule has 0 spiro atoms. The molecule has 1 unspecified atom stereocenters. The van der Waals surface area contributed by atoms with Gasteiger partial charge in [-0.3, -0.25) is 9.59 Å². The van der Waals surface area contributed by atoms with Crippen LogP contribution in [0.15, 0.2) is 0 Å². The van der Waals surface area contributed by atoms with E-state index in [0.29, 0.717) is 25.9 Å². The van der Waals surface area contributed by atoms with E-state index < -0.39 is 0 Å². The summed E-state index contributed by atoms with van der Waals surface area (Å²) in [7, 11) is 4.58. The number of rotatable bonds is 8. The van der Waals surface area contributed by atoms with Crippen LogP contribution in [0.25, 0.3) is 0 Å². The zero-order valence-electron chi connectivity index (χ0n) is 10.8. The number of amides is 1. The number of carbonyl (C=O) groups is 2. The summed E-state index contributed by atoms with van der Waals surface area (Å²) < 4.78 is 9.55. The van der Waals surface area contributed by atoms with Crippen molar-refractivity contribution in [2.24, 2.45) is 5.73 Å². The van der Waals surface area contributed by atoms with Crippen molar-refractivity contribution in [1.29, 1.82) is 0 Å². The predicted molar refractivity (Wildman–Crippen MR) is 63.4 cm³/mol. The minimum Gasteiger partial charge on any atom is -0.469 e. The lowest BCUT2D eigenvalue weighted by Crippen LogP contribution is -2.34. The summed E-state index contributed by atoms with van der Waals surface area (Å²) in [5.41, 5.74) is 5.43. The molecular weight excluding hydrogens is 224 g/mol. The molecule has 0 heterocycles. The topological polar surface area (TPSA) is 81.9 Å². The zero-order chi connectivity index (χ0) is 13.3. The Labute approximate surface area is 102 Å². The molecule has 0 aromatic rings. The van der Waals surface area contributed by atoms with Crippen LogP contribution < -0.4 is 5.73 Å². The fraction of sp³-hybridized carbons (Fsp3) is 0.818. The molecule has 1 atom stereocenters. The molecule has 17 heavy (non-hydrogen) atoms. The van der Waals surface area contributed by atoms with Crippen LogP contribution >= 0.6 is 0 Å². The van der Waals surface area contributed by atoms with Crippen LogP contribution in [0.2, 0.25) is 0 Å². The Morgan fingerprint density at radius 3 is 2.47 bits per heavy atom. The number of methoxy groups -OCH3 is 2. The van der Waals surface area contributed by atoms with Gasteiger partial charge in [0.25, 0.3) is 0 Å². The van der Waals surface area contributed by atoms with Gasteiger partial charge in [-0.05, 0) is 6.42 Å². The van der Waals surface area contributed by atoms with Crippen LogP contribution in [0.1, 0.15) is 19.3 Å². The first-order chi connectivity index (χ1) is 8.04. The van der Waals surface area contributed by atoms with Crippen molar-refractivity contribution >= 4 is 11.9 Å². The molecule has 0 saturated carbocycles. The molecule has 0 aliphatic carbocycles. The van der Waals surface area contributed by atoms with E-state index in [1.54, 1.807) is 11.9 Å².